The van der Waals surface area contributed by atoms with Crippen LogP contribution in [0.4, 0.5) is 9.18 Å². The summed E-state index contributed by atoms with van der Waals surface area (Å²) in [4.78, 5) is 16.8. The molecule has 2 atom stereocenters. The van der Waals surface area contributed by atoms with Gasteiger partial charge in [0, 0.05) is 32.8 Å². The van der Waals surface area contributed by atoms with Crippen molar-refractivity contribution in [3.8, 4) is 0 Å². The number of benzene rings is 2. The van der Waals surface area contributed by atoms with Gasteiger partial charge in [-0.15, -0.1) is 0 Å². The number of halogens is 1. The Kier molecular flexibility index (Phi) is 9.50. The van der Waals surface area contributed by atoms with E-state index < -0.39 is 26.6 Å². The predicted octanol–water partition coefficient (Wildman–Crippen LogP) is 6.26. The molecule has 7 heteroatoms. The molecule has 2 unspecified atom stereocenters. The lowest BCUT2D eigenvalue weighted by atomic mass is 10.0. The van der Waals surface area contributed by atoms with Crippen molar-refractivity contribution in [2.24, 2.45) is 0 Å². The van der Waals surface area contributed by atoms with Crippen LogP contribution in [0.1, 0.15) is 38.3 Å². The van der Waals surface area contributed by atoms with E-state index in [1.54, 1.807) is 4.90 Å². The molecular formula is C28H41FN2O3Si. The first kappa shape index (κ1) is 27.4. The second-order valence-electron chi connectivity index (χ2n) is 10.9. The maximum absolute atomic E-state index is 15.5. The molecular weight excluding hydrogens is 459 g/mol. The van der Waals surface area contributed by atoms with Crippen LogP contribution in [0.5, 0.6) is 0 Å². The molecule has 0 spiro atoms. The SMILES string of the molecule is CC(C)(C)[Si](C)(C)OCCN1CCC(N(Cc2ccccc2)C(=O)OCc2ccccc2)C(F)C1. The third-order valence-electron chi connectivity index (χ3n) is 7.30. The first-order chi connectivity index (χ1) is 16.6. The minimum Gasteiger partial charge on any atom is -0.445 e. The monoisotopic (exact) mass is 500 g/mol. The van der Waals surface area contributed by atoms with Crippen LogP contribution in [0.25, 0.3) is 0 Å². The Hall–Kier alpha value is -2.22. The molecule has 0 saturated carbocycles. The Morgan fingerprint density at radius 3 is 2.23 bits per heavy atom. The summed E-state index contributed by atoms with van der Waals surface area (Å²) >= 11 is 0. The van der Waals surface area contributed by atoms with Gasteiger partial charge in [-0.2, -0.15) is 0 Å². The summed E-state index contributed by atoms with van der Waals surface area (Å²) < 4.78 is 27.4. The molecule has 1 saturated heterocycles. The van der Waals surface area contributed by atoms with Crippen molar-refractivity contribution < 1.29 is 18.3 Å². The number of alkyl halides is 1. The molecule has 3 rings (SSSR count). The third-order valence-corrected chi connectivity index (χ3v) is 11.8. The second kappa shape index (κ2) is 12.1. The fraction of sp³-hybridized carbons (Fsp3) is 0.536. The molecule has 2 aromatic carbocycles. The molecule has 192 valence electrons. The van der Waals surface area contributed by atoms with E-state index >= 15 is 4.39 Å². The van der Waals surface area contributed by atoms with Gasteiger partial charge in [-0.1, -0.05) is 81.4 Å². The van der Waals surface area contributed by atoms with E-state index in [1.165, 1.54) is 0 Å². The topological polar surface area (TPSA) is 42.0 Å². The normalized spacial score (nSPS) is 19.4. The predicted molar refractivity (Wildman–Crippen MR) is 142 cm³/mol. The minimum atomic E-state index is -1.82. The number of ether oxygens (including phenoxy) is 1. The standard InChI is InChI=1S/C28H41FN2O3Si/c1-28(2,3)35(4,5)34-19-18-30-17-16-26(25(29)21-30)31(20-23-12-8-6-9-13-23)27(32)33-22-24-14-10-7-11-15-24/h6-15,25-26H,16-22H2,1-5H3. The Balaban J connectivity index is 1.60. The Labute approximate surface area is 211 Å². The number of likely N-dealkylation sites (tertiary alicyclic amines) is 1. The van der Waals surface area contributed by atoms with Gasteiger partial charge in [-0.3, -0.25) is 9.80 Å². The van der Waals surface area contributed by atoms with Gasteiger partial charge in [0.05, 0.1) is 6.04 Å². The third kappa shape index (κ3) is 7.89. The molecule has 0 aromatic heterocycles. The van der Waals surface area contributed by atoms with E-state index in [4.69, 9.17) is 9.16 Å². The molecule has 1 aliphatic heterocycles. The van der Waals surface area contributed by atoms with Crippen LogP contribution in [-0.2, 0) is 22.3 Å². The number of hydrogen-bond donors (Lipinski definition) is 0. The van der Waals surface area contributed by atoms with Crippen molar-refractivity contribution in [2.75, 3.05) is 26.2 Å². The Morgan fingerprint density at radius 2 is 1.66 bits per heavy atom. The summed E-state index contributed by atoms with van der Waals surface area (Å²) in [5.74, 6) is 0. The van der Waals surface area contributed by atoms with E-state index in [-0.39, 0.29) is 11.6 Å². The van der Waals surface area contributed by atoms with E-state index in [0.717, 1.165) is 17.7 Å². The smallest absolute Gasteiger partial charge is 0.410 e. The van der Waals surface area contributed by atoms with Gasteiger partial charge in [-0.05, 0) is 35.7 Å². The summed E-state index contributed by atoms with van der Waals surface area (Å²) in [5, 5.41) is 0.153. The summed E-state index contributed by atoms with van der Waals surface area (Å²) in [6.45, 7) is 14.0. The summed E-state index contributed by atoms with van der Waals surface area (Å²) in [6, 6.07) is 18.8. The Morgan fingerprint density at radius 1 is 1.06 bits per heavy atom. The van der Waals surface area contributed by atoms with Crippen LogP contribution in [-0.4, -0.2) is 62.7 Å². The number of hydrogen-bond acceptors (Lipinski definition) is 4. The molecule has 0 aliphatic carbocycles. The number of nitrogens with zero attached hydrogens (tertiary/aromatic N) is 2. The van der Waals surface area contributed by atoms with Crippen molar-refractivity contribution in [3.05, 3.63) is 71.8 Å². The van der Waals surface area contributed by atoms with Crippen molar-refractivity contribution in [3.63, 3.8) is 0 Å². The maximum Gasteiger partial charge on any atom is 0.410 e. The van der Waals surface area contributed by atoms with Crippen LogP contribution in [0.3, 0.4) is 0 Å². The van der Waals surface area contributed by atoms with Crippen LogP contribution >= 0.6 is 0 Å². The lowest BCUT2D eigenvalue weighted by molar-refractivity contribution is 0.0147. The average molecular weight is 501 g/mol. The van der Waals surface area contributed by atoms with Gasteiger partial charge in [0.2, 0.25) is 0 Å². The van der Waals surface area contributed by atoms with Gasteiger partial charge in [0.15, 0.2) is 8.32 Å². The quantitative estimate of drug-likeness (QED) is 0.381. The summed E-state index contributed by atoms with van der Waals surface area (Å²) in [5.41, 5.74) is 1.87. The Bertz CT molecular complexity index is 921. The first-order valence-electron chi connectivity index (χ1n) is 12.6. The number of carbonyl (C=O) groups is 1. The number of piperidine rings is 1. The first-order valence-corrected chi connectivity index (χ1v) is 15.5. The zero-order valence-corrected chi connectivity index (χ0v) is 22.9. The minimum absolute atomic E-state index is 0.153. The van der Waals surface area contributed by atoms with Crippen LogP contribution in [0.15, 0.2) is 60.7 Å². The largest absolute Gasteiger partial charge is 0.445 e. The van der Waals surface area contributed by atoms with E-state index in [9.17, 15) is 4.79 Å². The molecule has 1 fully saturated rings. The van der Waals surface area contributed by atoms with Crippen LogP contribution in [0, 0.1) is 0 Å². The molecule has 0 N–H and O–H groups in total. The fourth-order valence-corrected chi connectivity index (χ4v) is 5.09. The van der Waals surface area contributed by atoms with Gasteiger partial charge in [-0.25, -0.2) is 9.18 Å². The van der Waals surface area contributed by atoms with Gasteiger partial charge in [0.1, 0.15) is 12.8 Å². The highest BCUT2D eigenvalue weighted by atomic mass is 28.4. The van der Waals surface area contributed by atoms with Crippen LogP contribution < -0.4 is 0 Å². The summed E-state index contributed by atoms with van der Waals surface area (Å²) in [6.07, 6.45) is -1.06. The van der Waals surface area contributed by atoms with E-state index in [0.29, 0.717) is 32.7 Å². The van der Waals surface area contributed by atoms with Gasteiger partial charge < -0.3 is 9.16 Å². The lowest BCUT2D eigenvalue weighted by Gasteiger charge is -2.41. The van der Waals surface area contributed by atoms with Crippen molar-refractivity contribution in [1.29, 1.82) is 0 Å². The number of rotatable bonds is 9. The van der Waals surface area contributed by atoms with E-state index in [1.807, 2.05) is 60.7 Å². The van der Waals surface area contributed by atoms with Crippen molar-refractivity contribution in [1.82, 2.24) is 9.80 Å². The zero-order valence-electron chi connectivity index (χ0n) is 21.9. The van der Waals surface area contributed by atoms with Crippen molar-refractivity contribution >= 4 is 14.4 Å². The highest BCUT2D eigenvalue weighted by Crippen LogP contribution is 2.36. The number of amides is 1. The molecule has 5 nitrogen and oxygen atoms in total. The lowest BCUT2D eigenvalue weighted by Crippen LogP contribution is -2.54. The van der Waals surface area contributed by atoms with Crippen LogP contribution in [0.2, 0.25) is 18.1 Å². The van der Waals surface area contributed by atoms with E-state index in [2.05, 4.69) is 38.8 Å². The molecule has 0 bridgehead atoms. The number of carbonyl (C=O) groups excluding carboxylic acids is 1. The summed E-state index contributed by atoms with van der Waals surface area (Å²) in [7, 11) is -1.82. The average Bonchev–Trinajstić information content (AvgIpc) is 2.82. The molecule has 35 heavy (non-hydrogen) atoms. The van der Waals surface area contributed by atoms with Gasteiger partial charge in [0.25, 0.3) is 0 Å². The highest BCUT2D eigenvalue weighted by Gasteiger charge is 2.39. The molecule has 1 aliphatic rings. The maximum atomic E-state index is 15.5. The zero-order chi connectivity index (χ0) is 25.5. The fourth-order valence-electron chi connectivity index (χ4n) is 4.06. The molecule has 1 amide bonds. The molecule has 2 aromatic rings. The second-order valence-corrected chi connectivity index (χ2v) is 15.7. The van der Waals surface area contributed by atoms with Crippen molar-refractivity contribution in [2.45, 2.75) is 70.7 Å². The molecule has 1 heterocycles. The van der Waals surface area contributed by atoms with Gasteiger partial charge >= 0.3 is 6.09 Å². The molecule has 0 radical (unpaired) electrons. The highest BCUT2D eigenvalue weighted by molar-refractivity contribution is 6.74.